The van der Waals surface area contributed by atoms with Crippen LogP contribution in [0, 0.1) is 5.92 Å². The minimum absolute atomic E-state index is 0.125. The number of amides is 1. The number of allylic oxidation sites excluding steroid dienone is 2. The molecule has 0 unspecified atom stereocenters. The van der Waals surface area contributed by atoms with E-state index in [2.05, 4.69) is 36.0 Å². The third-order valence-corrected chi connectivity index (χ3v) is 6.91. The topological polar surface area (TPSA) is 96.9 Å². The van der Waals surface area contributed by atoms with Crippen LogP contribution in [0.15, 0.2) is 69.7 Å². The van der Waals surface area contributed by atoms with Crippen LogP contribution in [0.3, 0.4) is 0 Å². The summed E-state index contributed by atoms with van der Waals surface area (Å²) >= 11 is 0. The second-order valence-electron chi connectivity index (χ2n) is 8.41. The highest BCUT2D eigenvalue weighted by molar-refractivity contribution is 7.92. The summed E-state index contributed by atoms with van der Waals surface area (Å²) in [5.74, 6) is 0.802. The maximum absolute atomic E-state index is 12.6. The Labute approximate surface area is 196 Å². The summed E-state index contributed by atoms with van der Waals surface area (Å²) in [7, 11) is -3.76. The number of hydrazone groups is 1. The van der Waals surface area contributed by atoms with Crippen LogP contribution in [0.5, 0.6) is 5.75 Å². The van der Waals surface area contributed by atoms with E-state index in [1.165, 1.54) is 23.3 Å². The fourth-order valence-electron chi connectivity index (χ4n) is 3.71. The van der Waals surface area contributed by atoms with Crippen molar-refractivity contribution in [2.24, 2.45) is 11.0 Å². The van der Waals surface area contributed by atoms with Crippen molar-refractivity contribution < 1.29 is 17.9 Å². The standard InChI is InChI=1S/C25H31N3O4S/c1-5-32-21-11-13-22(14-12-21)33(30,31)28-20-9-7-19(8-10-20)25(29)27-26-24-16-18(4)6-15-23(24)17(2)3/h7-14,18,28H,5-6,15-16H2,1-4H3,(H,27,29)/b26-24+/t18-/m1/s1. The molecular weight excluding hydrogens is 438 g/mol. The summed E-state index contributed by atoms with van der Waals surface area (Å²) in [4.78, 5) is 12.7. The largest absolute Gasteiger partial charge is 0.494 e. The highest BCUT2D eigenvalue weighted by Crippen LogP contribution is 2.28. The Morgan fingerprint density at radius 1 is 1.09 bits per heavy atom. The van der Waals surface area contributed by atoms with Crippen molar-refractivity contribution in [1.82, 2.24) is 5.43 Å². The van der Waals surface area contributed by atoms with Gasteiger partial charge >= 0.3 is 0 Å². The van der Waals surface area contributed by atoms with Gasteiger partial charge in [0.2, 0.25) is 0 Å². The molecule has 2 N–H and O–H groups in total. The Morgan fingerprint density at radius 2 is 1.76 bits per heavy atom. The third kappa shape index (κ3) is 6.44. The third-order valence-electron chi connectivity index (χ3n) is 5.52. The first-order chi connectivity index (χ1) is 15.7. The molecule has 2 aromatic rings. The van der Waals surface area contributed by atoms with Gasteiger partial charge in [-0.3, -0.25) is 9.52 Å². The first kappa shape index (κ1) is 24.5. The van der Waals surface area contributed by atoms with Crippen LogP contribution in [0.4, 0.5) is 5.69 Å². The zero-order valence-electron chi connectivity index (χ0n) is 19.5. The number of ether oxygens (including phenoxy) is 1. The maximum atomic E-state index is 12.6. The van der Waals surface area contributed by atoms with Crippen LogP contribution in [0.2, 0.25) is 0 Å². The number of sulfonamides is 1. The van der Waals surface area contributed by atoms with Gasteiger partial charge in [0.1, 0.15) is 5.75 Å². The van der Waals surface area contributed by atoms with Gasteiger partial charge in [0.05, 0.1) is 17.2 Å². The van der Waals surface area contributed by atoms with Crippen LogP contribution < -0.4 is 14.9 Å². The Morgan fingerprint density at radius 3 is 2.36 bits per heavy atom. The van der Waals surface area contributed by atoms with Gasteiger partial charge < -0.3 is 4.74 Å². The second kappa shape index (κ2) is 10.7. The molecule has 0 spiro atoms. The van der Waals surface area contributed by atoms with Crippen molar-refractivity contribution in [2.45, 2.75) is 51.9 Å². The molecule has 0 aliphatic heterocycles. The lowest BCUT2D eigenvalue weighted by Crippen LogP contribution is -2.24. The number of hydrogen-bond acceptors (Lipinski definition) is 5. The molecule has 3 rings (SSSR count). The molecule has 1 aliphatic carbocycles. The predicted molar refractivity (Wildman–Crippen MR) is 131 cm³/mol. The highest BCUT2D eigenvalue weighted by Gasteiger charge is 2.20. The lowest BCUT2D eigenvalue weighted by Gasteiger charge is -2.23. The Kier molecular flexibility index (Phi) is 7.92. The molecule has 0 bridgehead atoms. The minimum Gasteiger partial charge on any atom is -0.494 e. The molecule has 0 saturated heterocycles. The van der Waals surface area contributed by atoms with Gasteiger partial charge in [-0.2, -0.15) is 5.10 Å². The van der Waals surface area contributed by atoms with Crippen molar-refractivity contribution >= 4 is 27.3 Å². The smallest absolute Gasteiger partial charge is 0.271 e. The van der Waals surface area contributed by atoms with Crippen LogP contribution in [-0.4, -0.2) is 26.6 Å². The molecule has 0 radical (unpaired) electrons. The average Bonchev–Trinajstić information content (AvgIpc) is 2.78. The van der Waals surface area contributed by atoms with E-state index in [1.807, 2.05) is 6.92 Å². The monoisotopic (exact) mass is 469 g/mol. The summed E-state index contributed by atoms with van der Waals surface area (Å²) in [5.41, 5.74) is 6.77. The number of carbonyl (C=O) groups excluding carboxylic acids is 1. The summed E-state index contributed by atoms with van der Waals surface area (Å²) < 4.78 is 33.1. The molecule has 1 atom stereocenters. The molecule has 176 valence electrons. The van der Waals surface area contributed by atoms with E-state index in [0.717, 1.165) is 25.0 Å². The fraction of sp³-hybridized carbons (Fsp3) is 0.360. The summed E-state index contributed by atoms with van der Waals surface area (Å²) in [6.45, 7) is 8.68. The number of nitrogens with zero attached hydrogens (tertiary/aromatic N) is 1. The van der Waals surface area contributed by atoms with Crippen LogP contribution in [0.25, 0.3) is 0 Å². The SMILES string of the molecule is CCOc1ccc(S(=O)(=O)Nc2ccc(C(=O)N/N=C3\C[C@H](C)CCC3=C(C)C)cc2)cc1. The first-order valence-corrected chi connectivity index (χ1v) is 12.6. The van der Waals surface area contributed by atoms with E-state index in [1.54, 1.807) is 36.4 Å². The number of anilines is 1. The minimum atomic E-state index is -3.76. The molecule has 0 heterocycles. The van der Waals surface area contributed by atoms with Crippen LogP contribution in [-0.2, 0) is 10.0 Å². The van der Waals surface area contributed by atoms with Crippen molar-refractivity contribution in [3.8, 4) is 5.75 Å². The molecule has 1 saturated carbocycles. The molecule has 2 aromatic carbocycles. The Hall–Kier alpha value is -3.13. The van der Waals surface area contributed by atoms with E-state index in [0.29, 0.717) is 29.5 Å². The van der Waals surface area contributed by atoms with Gasteiger partial charge in [-0.15, -0.1) is 0 Å². The van der Waals surface area contributed by atoms with Gasteiger partial charge in [0.15, 0.2) is 0 Å². The summed E-state index contributed by atoms with van der Waals surface area (Å²) in [6.07, 6.45) is 2.94. The lowest BCUT2D eigenvalue weighted by molar-refractivity contribution is 0.0954. The number of benzene rings is 2. The molecule has 1 aliphatic rings. The fourth-order valence-corrected chi connectivity index (χ4v) is 4.77. The highest BCUT2D eigenvalue weighted by atomic mass is 32.2. The number of rotatable bonds is 7. The first-order valence-electron chi connectivity index (χ1n) is 11.1. The van der Waals surface area contributed by atoms with Crippen molar-refractivity contribution in [3.05, 3.63) is 65.2 Å². The van der Waals surface area contributed by atoms with Crippen LogP contribution in [0.1, 0.15) is 57.3 Å². The van der Waals surface area contributed by atoms with Crippen molar-refractivity contribution in [2.75, 3.05) is 11.3 Å². The van der Waals surface area contributed by atoms with E-state index in [4.69, 9.17) is 4.74 Å². The van der Waals surface area contributed by atoms with Gasteiger partial charge in [-0.1, -0.05) is 12.5 Å². The van der Waals surface area contributed by atoms with Gasteiger partial charge in [0.25, 0.3) is 15.9 Å². The zero-order chi connectivity index (χ0) is 24.0. The average molecular weight is 470 g/mol. The predicted octanol–water partition coefficient (Wildman–Crippen LogP) is 5.13. The number of carbonyl (C=O) groups is 1. The summed E-state index contributed by atoms with van der Waals surface area (Å²) in [6, 6.07) is 12.4. The van der Waals surface area contributed by atoms with Gasteiger partial charge in [0, 0.05) is 11.3 Å². The Bertz CT molecular complexity index is 1150. The van der Waals surface area contributed by atoms with E-state index < -0.39 is 10.0 Å². The number of hydrogen-bond donors (Lipinski definition) is 2. The van der Waals surface area contributed by atoms with Gasteiger partial charge in [-0.05, 0) is 100 Å². The van der Waals surface area contributed by atoms with Crippen molar-refractivity contribution in [1.29, 1.82) is 0 Å². The summed E-state index contributed by atoms with van der Waals surface area (Å²) in [5, 5.41) is 4.39. The van der Waals surface area contributed by atoms with E-state index in [9.17, 15) is 13.2 Å². The Balaban J connectivity index is 1.67. The number of nitrogens with one attached hydrogen (secondary N) is 2. The van der Waals surface area contributed by atoms with Crippen LogP contribution >= 0.6 is 0 Å². The molecule has 1 amide bonds. The molecule has 7 nitrogen and oxygen atoms in total. The molecule has 33 heavy (non-hydrogen) atoms. The molecule has 8 heteroatoms. The normalized spacial score (nSPS) is 17.5. The lowest BCUT2D eigenvalue weighted by atomic mass is 9.83. The van der Waals surface area contributed by atoms with E-state index >= 15 is 0 Å². The zero-order valence-corrected chi connectivity index (χ0v) is 20.3. The van der Waals surface area contributed by atoms with Gasteiger partial charge in [-0.25, -0.2) is 13.8 Å². The molecule has 0 aromatic heterocycles. The quantitative estimate of drug-likeness (QED) is 0.550. The molecule has 1 fully saturated rings. The van der Waals surface area contributed by atoms with E-state index in [-0.39, 0.29) is 10.8 Å². The second-order valence-corrected chi connectivity index (χ2v) is 10.1. The molecular formula is C25H31N3O4S. The maximum Gasteiger partial charge on any atom is 0.271 e. The van der Waals surface area contributed by atoms with Crippen molar-refractivity contribution in [3.63, 3.8) is 0 Å².